The predicted molar refractivity (Wildman–Crippen MR) is 221 cm³/mol. The highest BCUT2D eigenvalue weighted by Crippen LogP contribution is 2.52. The lowest BCUT2D eigenvalue weighted by molar-refractivity contribution is 0.590. The molecular formula is C45H39BN2SSi. The first-order chi connectivity index (χ1) is 24.1. The maximum Gasteiger partial charge on any atom is 0.343 e. The third kappa shape index (κ3) is 4.02. The van der Waals surface area contributed by atoms with Crippen LogP contribution in [0.15, 0.2) is 127 Å². The van der Waals surface area contributed by atoms with Crippen LogP contribution < -0.4 is 30.3 Å². The number of rotatable bonds is 2. The lowest BCUT2D eigenvalue weighted by Gasteiger charge is -2.50. The number of anilines is 5. The zero-order valence-corrected chi connectivity index (χ0v) is 31.3. The van der Waals surface area contributed by atoms with Crippen molar-refractivity contribution in [3.05, 3.63) is 139 Å². The molecule has 2 nitrogen and oxygen atoms in total. The fourth-order valence-electron chi connectivity index (χ4n) is 9.01. The van der Waals surface area contributed by atoms with Crippen LogP contribution in [-0.4, -0.2) is 14.9 Å². The number of hydrogen-bond donors (Lipinski definition) is 0. The Morgan fingerprint density at radius 1 is 0.620 bits per heavy atom. The molecule has 0 aliphatic carbocycles. The lowest BCUT2D eigenvalue weighted by atomic mass is 9.46. The molecule has 5 heteroatoms. The van der Waals surface area contributed by atoms with E-state index < -0.39 is 8.07 Å². The summed E-state index contributed by atoms with van der Waals surface area (Å²) >= 11 is 1.98. The van der Waals surface area contributed by atoms with E-state index in [9.17, 15) is 0 Å². The standard InChI is InChI=1S/C45H39BN2SSi/c1-28-25-34-31-18-14-22-40-42(31)48(36-19-11-13-21-39(36)50(40,5)6)46-41(34)37(26-28)47(43-32-17-10-12-20-38(32)49-44(43)46)35-24-23-30(45(2,3)4)27-33(35)29-15-8-7-9-16-29/h7-27H,1-6H3. The summed E-state index contributed by atoms with van der Waals surface area (Å²) in [6, 6.07) is 48.6. The van der Waals surface area contributed by atoms with Crippen LogP contribution in [0.3, 0.4) is 0 Å². The van der Waals surface area contributed by atoms with Gasteiger partial charge >= 0.3 is 6.85 Å². The van der Waals surface area contributed by atoms with Gasteiger partial charge in [-0.05, 0) is 80.8 Å². The highest BCUT2D eigenvalue weighted by molar-refractivity contribution is 7.32. The molecule has 0 N–H and O–H groups in total. The van der Waals surface area contributed by atoms with Crippen molar-refractivity contribution < 1.29 is 0 Å². The van der Waals surface area contributed by atoms with Gasteiger partial charge in [-0.15, -0.1) is 11.3 Å². The van der Waals surface area contributed by atoms with Gasteiger partial charge in [0.05, 0.1) is 11.4 Å². The minimum atomic E-state index is -1.96. The topological polar surface area (TPSA) is 6.48 Å². The molecule has 10 rings (SSSR count). The van der Waals surface area contributed by atoms with Crippen LogP contribution in [-0.2, 0) is 5.41 Å². The van der Waals surface area contributed by atoms with Crippen molar-refractivity contribution in [3.63, 3.8) is 0 Å². The second-order valence-corrected chi connectivity index (χ2v) is 21.3. The molecular weight excluding hydrogens is 639 g/mol. The zero-order chi connectivity index (χ0) is 34.1. The molecule has 3 aliphatic rings. The first-order valence-corrected chi connectivity index (χ1v) is 21.6. The summed E-state index contributed by atoms with van der Waals surface area (Å²) in [7, 11) is -1.96. The van der Waals surface area contributed by atoms with E-state index >= 15 is 0 Å². The molecule has 50 heavy (non-hydrogen) atoms. The third-order valence-electron chi connectivity index (χ3n) is 11.4. The van der Waals surface area contributed by atoms with E-state index in [-0.39, 0.29) is 12.3 Å². The summed E-state index contributed by atoms with van der Waals surface area (Å²) in [5.74, 6) is 0. The Morgan fingerprint density at radius 2 is 1.36 bits per heavy atom. The summed E-state index contributed by atoms with van der Waals surface area (Å²) in [4.78, 5) is 5.38. The second-order valence-electron chi connectivity index (χ2n) is 15.9. The van der Waals surface area contributed by atoms with Gasteiger partial charge in [0.15, 0.2) is 0 Å². The molecule has 0 bridgehead atoms. The van der Waals surface area contributed by atoms with Gasteiger partial charge in [0, 0.05) is 43.1 Å². The second kappa shape index (κ2) is 10.3. The van der Waals surface area contributed by atoms with Crippen molar-refractivity contribution >= 4 is 85.4 Å². The Labute approximate surface area is 300 Å². The number of nitrogens with zero attached hydrogens (tertiary/aromatic N) is 2. The van der Waals surface area contributed by atoms with Crippen molar-refractivity contribution in [2.24, 2.45) is 0 Å². The van der Waals surface area contributed by atoms with Gasteiger partial charge in [0.25, 0.3) is 0 Å². The maximum atomic E-state index is 2.74. The Balaban J connectivity index is 1.36. The summed E-state index contributed by atoms with van der Waals surface area (Å²) < 4.78 is 2.75. The number of fused-ring (bicyclic) bond motifs is 8. The fraction of sp³-hybridized carbons (Fsp3) is 0.156. The van der Waals surface area contributed by atoms with E-state index in [1.807, 2.05) is 11.3 Å². The number of hydrogen-bond acceptors (Lipinski definition) is 3. The van der Waals surface area contributed by atoms with Gasteiger partial charge in [-0.25, -0.2) is 0 Å². The summed E-state index contributed by atoms with van der Waals surface area (Å²) in [6.45, 7) is 14.4. The Bertz CT molecular complexity index is 2540. The fourth-order valence-corrected chi connectivity index (χ4v) is 13.3. The van der Waals surface area contributed by atoms with E-state index in [1.165, 1.54) is 92.5 Å². The van der Waals surface area contributed by atoms with Gasteiger partial charge in [0.2, 0.25) is 0 Å². The highest BCUT2D eigenvalue weighted by atomic mass is 32.1. The summed E-state index contributed by atoms with van der Waals surface area (Å²) in [5.41, 5.74) is 16.0. The molecule has 7 aromatic rings. The third-order valence-corrected chi connectivity index (χ3v) is 16.1. The monoisotopic (exact) mass is 678 g/mol. The lowest BCUT2D eigenvalue weighted by Crippen LogP contribution is -2.68. The van der Waals surface area contributed by atoms with Crippen molar-refractivity contribution in [1.82, 2.24) is 0 Å². The van der Waals surface area contributed by atoms with Gasteiger partial charge in [-0.1, -0.05) is 131 Å². The zero-order valence-electron chi connectivity index (χ0n) is 29.5. The Kier molecular flexibility index (Phi) is 6.21. The van der Waals surface area contributed by atoms with Gasteiger partial charge in [-0.3, -0.25) is 0 Å². The molecule has 1 aromatic heterocycles. The van der Waals surface area contributed by atoms with Crippen LogP contribution in [0.1, 0.15) is 31.9 Å². The van der Waals surface area contributed by atoms with Crippen molar-refractivity contribution in [3.8, 4) is 22.3 Å². The summed E-state index contributed by atoms with van der Waals surface area (Å²) in [5, 5.41) is 4.38. The molecule has 242 valence electrons. The van der Waals surface area contributed by atoms with Crippen molar-refractivity contribution in [1.29, 1.82) is 0 Å². The minimum absolute atomic E-state index is 0.0257. The summed E-state index contributed by atoms with van der Waals surface area (Å²) in [6.07, 6.45) is 0. The van der Waals surface area contributed by atoms with Crippen molar-refractivity contribution in [2.75, 3.05) is 9.71 Å². The Hall–Kier alpha value is -4.84. The number of aryl methyl sites for hydroxylation is 1. The smallest absolute Gasteiger partial charge is 0.343 e. The van der Waals surface area contributed by atoms with Crippen LogP contribution in [0.25, 0.3) is 32.3 Å². The highest BCUT2D eigenvalue weighted by Gasteiger charge is 2.51. The van der Waals surface area contributed by atoms with E-state index in [2.05, 4.69) is 178 Å². The van der Waals surface area contributed by atoms with E-state index in [4.69, 9.17) is 0 Å². The molecule has 0 atom stereocenters. The molecule has 6 aromatic carbocycles. The van der Waals surface area contributed by atoms with E-state index in [1.54, 1.807) is 0 Å². The van der Waals surface area contributed by atoms with E-state index in [0.717, 1.165) is 0 Å². The molecule has 0 unspecified atom stereocenters. The van der Waals surface area contributed by atoms with Gasteiger partial charge in [0.1, 0.15) is 8.07 Å². The quantitative estimate of drug-likeness (QED) is 0.168. The van der Waals surface area contributed by atoms with Gasteiger partial charge in [-0.2, -0.15) is 0 Å². The van der Waals surface area contributed by atoms with Crippen molar-refractivity contribution in [2.45, 2.75) is 46.2 Å². The first-order valence-electron chi connectivity index (χ1n) is 17.8. The molecule has 0 saturated carbocycles. The normalized spacial score (nSPS) is 15.0. The number of thiophene rings is 1. The molecule has 0 saturated heterocycles. The average molecular weight is 679 g/mol. The van der Waals surface area contributed by atoms with Crippen LogP contribution >= 0.6 is 11.3 Å². The first kappa shape index (κ1) is 30.0. The molecule has 4 heterocycles. The Morgan fingerprint density at radius 3 is 2.18 bits per heavy atom. The van der Waals surface area contributed by atoms with Crippen LogP contribution in [0.2, 0.25) is 13.1 Å². The van der Waals surface area contributed by atoms with Crippen LogP contribution in [0.5, 0.6) is 0 Å². The minimum Gasteiger partial charge on any atom is -0.376 e. The van der Waals surface area contributed by atoms with Crippen LogP contribution in [0.4, 0.5) is 28.4 Å². The molecule has 0 radical (unpaired) electrons. The van der Waals surface area contributed by atoms with E-state index in [0.29, 0.717) is 0 Å². The number of benzene rings is 6. The average Bonchev–Trinajstić information content (AvgIpc) is 3.50. The largest absolute Gasteiger partial charge is 0.376 e. The number of para-hydroxylation sites is 2. The molecule has 0 fully saturated rings. The van der Waals surface area contributed by atoms with Crippen LogP contribution in [0, 0.1) is 6.92 Å². The predicted octanol–water partition coefficient (Wildman–Crippen LogP) is 10.0. The molecule has 0 spiro atoms. The van der Waals surface area contributed by atoms with Gasteiger partial charge < -0.3 is 9.71 Å². The molecule has 3 aliphatic heterocycles. The SMILES string of the molecule is Cc1cc2c3c(c1)N(c1ccc(C(C)(C)C)cc1-c1ccccc1)c1c(sc4ccccc14)B3N1c3ccccc3[Si](C)(C)c3cccc-2c31. The maximum absolute atomic E-state index is 2.74. The molecule has 0 amide bonds.